The zero-order valence-corrected chi connectivity index (χ0v) is 15.4. The number of anilines is 1. The van der Waals surface area contributed by atoms with E-state index >= 15 is 0 Å². The molecule has 3 rings (SSSR count). The van der Waals surface area contributed by atoms with Crippen LogP contribution in [0.2, 0.25) is 0 Å². The van der Waals surface area contributed by atoms with E-state index in [2.05, 4.69) is 0 Å². The highest BCUT2D eigenvalue weighted by atomic mass is 19.1. The molecule has 2 aromatic rings. The number of rotatable bonds is 8. The molecule has 0 saturated carbocycles. The number of carbonyl (C=O) groups excluding carboxylic acids is 2. The Morgan fingerprint density at radius 1 is 1.11 bits per heavy atom. The fourth-order valence-corrected chi connectivity index (χ4v) is 3.12. The third-order valence-electron chi connectivity index (χ3n) is 4.55. The van der Waals surface area contributed by atoms with E-state index in [4.69, 9.17) is 4.74 Å². The van der Waals surface area contributed by atoms with Crippen LogP contribution in [-0.4, -0.2) is 31.0 Å². The molecule has 0 bridgehead atoms. The van der Waals surface area contributed by atoms with Crippen LogP contribution < -0.4 is 15.0 Å². The summed E-state index contributed by atoms with van der Waals surface area (Å²) in [7, 11) is 0. The number of hydrogen-bond acceptors (Lipinski definition) is 3. The van der Waals surface area contributed by atoms with Gasteiger partial charge in [-0.3, -0.25) is 9.59 Å². The number of hydrogen-bond donors (Lipinski definition) is 1. The molecule has 0 unspecified atom stereocenters. The topological polar surface area (TPSA) is 63.2 Å². The van der Waals surface area contributed by atoms with Gasteiger partial charge < -0.3 is 10.1 Å². The molecule has 1 heterocycles. The van der Waals surface area contributed by atoms with Gasteiger partial charge in [0.15, 0.2) is 6.04 Å². The Morgan fingerprint density at radius 2 is 1.81 bits per heavy atom. The minimum atomic E-state index is -0.408. The summed E-state index contributed by atoms with van der Waals surface area (Å²) < 4.78 is 18.5. The van der Waals surface area contributed by atoms with Crippen molar-refractivity contribution in [1.82, 2.24) is 0 Å². The summed E-state index contributed by atoms with van der Waals surface area (Å²) in [6, 6.07) is 12.9. The zero-order valence-electron chi connectivity index (χ0n) is 15.4. The normalized spacial score (nSPS) is 16.8. The van der Waals surface area contributed by atoms with E-state index in [1.807, 2.05) is 12.2 Å². The molecule has 1 aliphatic rings. The Kier molecular flexibility index (Phi) is 6.19. The summed E-state index contributed by atoms with van der Waals surface area (Å²) in [5.74, 6) is 0.0785. The summed E-state index contributed by atoms with van der Waals surface area (Å²) in [5, 5.41) is 1.89. The lowest BCUT2D eigenvalue weighted by atomic mass is 10.1. The van der Waals surface area contributed by atoms with Gasteiger partial charge in [-0.1, -0.05) is 19.1 Å². The lowest BCUT2D eigenvalue weighted by Gasteiger charge is -2.15. The first-order chi connectivity index (χ1) is 13.1. The molecule has 142 valence electrons. The Labute approximate surface area is 158 Å². The molecule has 0 radical (unpaired) electrons. The first kappa shape index (κ1) is 19.0. The summed E-state index contributed by atoms with van der Waals surface area (Å²) in [6.45, 7) is 3.32. The van der Waals surface area contributed by atoms with E-state index in [1.165, 1.54) is 17.0 Å². The average molecular weight is 371 g/mol. The zero-order chi connectivity index (χ0) is 19.2. The first-order valence-electron chi connectivity index (χ1n) is 9.26. The molecule has 1 aliphatic heterocycles. The molecule has 6 heteroatoms. The number of ether oxygens (including phenoxy) is 1. The molecular formula is C21H24FN2O3+. The first-order valence-corrected chi connectivity index (χ1v) is 9.26. The number of carbonyl (C=O) groups is 2. The highest BCUT2D eigenvalue weighted by Crippen LogP contribution is 2.24. The fraction of sp³-hybridized carbons (Fsp3) is 0.333. The maximum absolute atomic E-state index is 12.9. The van der Waals surface area contributed by atoms with Crippen LogP contribution in [0.25, 0.3) is 0 Å². The van der Waals surface area contributed by atoms with Crippen molar-refractivity contribution >= 4 is 17.5 Å². The predicted octanol–water partition coefficient (Wildman–Crippen LogP) is 2.05. The number of amides is 2. The van der Waals surface area contributed by atoms with Crippen molar-refractivity contribution in [1.29, 1.82) is 0 Å². The molecule has 27 heavy (non-hydrogen) atoms. The van der Waals surface area contributed by atoms with E-state index in [9.17, 15) is 14.0 Å². The summed E-state index contributed by atoms with van der Waals surface area (Å²) in [6.07, 6.45) is 1.82. The molecule has 2 amide bonds. The minimum Gasteiger partial charge on any atom is -0.494 e. The van der Waals surface area contributed by atoms with E-state index in [0.29, 0.717) is 25.3 Å². The van der Waals surface area contributed by atoms with Gasteiger partial charge >= 0.3 is 0 Å². The minimum absolute atomic E-state index is 0.190. The van der Waals surface area contributed by atoms with E-state index in [0.717, 1.165) is 17.7 Å². The number of imide groups is 1. The van der Waals surface area contributed by atoms with Crippen LogP contribution in [0.3, 0.4) is 0 Å². The van der Waals surface area contributed by atoms with Crippen molar-refractivity contribution in [3.05, 3.63) is 59.9 Å². The average Bonchev–Trinajstić information content (AvgIpc) is 2.96. The van der Waals surface area contributed by atoms with Crippen LogP contribution in [-0.2, 0) is 16.0 Å². The predicted molar refractivity (Wildman–Crippen MR) is 100 cm³/mol. The molecule has 2 N–H and O–H groups in total. The lowest BCUT2D eigenvalue weighted by molar-refractivity contribution is -0.674. The quantitative estimate of drug-likeness (QED) is 0.723. The van der Waals surface area contributed by atoms with Crippen LogP contribution in [0.1, 0.15) is 25.3 Å². The second-order valence-electron chi connectivity index (χ2n) is 6.62. The van der Waals surface area contributed by atoms with Crippen LogP contribution in [0.5, 0.6) is 5.75 Å². The number of benzene rings is 2. The molecule has 2 aromatic carbocycles. The van der Waals surface area contributed by atoms with Gasteiger partial charge in [0.05, 0.1) is 25.3 Å². The molecule has 0 spiro atoms. The standard InChI is InChI=1S/C21H23FN2O3/c1-2-13-27-18-9-7-17(8-10-18)24-20(25)14-19(21(24)26)23-12-11-15-3-5-16(22)6-4-15/h3-10,19,23H,2,11-14H2,1H3/p+1/t19-/m0/s1. The van der Waals surface area contributed by atoms with Crippen molar-refractivity contribution < 1.29 is 24.0 Å². The number of quaternary nitrogens is 1. The van der Waals surface area contributed by atoms with Gasteiger partial charge in [-0.15, -0.1) is 0 Å². The van der Waals surface area contributed by atoms with E-state index in [-0.39, 0.29) is 24.1 Å². The summed E-state index contributed by atoms with van der Waals surface area (Å²) in [5.41, 5.74) is 1.58. The largest absolute Gasteiger partial charge is 0.494 e. The second-order valence-corrected chi connectivity index (χ2v) is 6.62. The van der Waals surface area contributed by atoms with Crippen LogP contribution >= 0.6 is 0 Å². The third kappa shape index (κ3) is 4.71. The number of nitrogens with two attached hydrogens (primary N) is 1. The SMILES string of the molecule is CCCOc1ccc(N2C(=O)C[C@H]([NH2+]CCc3ccc(F)cc3)C2=O)cc1. The third-order valence-corrected chi connectivity index (χ3v) is 4.55. The van der Waals surface area contributed by atoms with E-state index in [1.54, 1.807) is 36.4 Å². The molecule has 5 nitrogen and oxygen atoms in total. The molecule has 0 aromatic heterocycles. The monoisotopic (exact) mass is 371 g/mol. The highest BCUT2D eigenvalue weighted by molar-refractivity contribution is 6.21. The van der Waals surface area contributed by atoms with Crippen molar-refractivity contribution in [2.24, 2.45) is 0 Å². The van der Waals surface area contributed by atoms with Crippen molar-refractivity contribution in [3.63, 3.8) is 0 Å². The van der Waals surface area contributed by atoms with Crippen molar-refractivity contribution in [3.8, 4) is 5.75 Å². The van der Waals surface area contributed by atoms with Gasteiger partial charge in [0.2, 0.25) is 5.91 Å². The van der Waals surface area contributed by atoms with Gasteiger partial charge in [0.1, 0.15) is 11.6 Å². The second kappa shape index (κ2) is 8.77. The fourth-order valence-electron chi connectivity index (χ4n) is 3.12. The Balaban J connectivity index is 1.56. The van der Waals surface area contributed by atoms with Crippen LogP contribution in [0, 0.1) is 5.82 Å². The van der Waals surface area contributed by atoms with Gasteiger partial charge in [0.25, 0.3) is 5.91 Å². The molecule has 0 aliphatic carbocycles. The Bertz CT molecular complexity index is 790. The highest BCUT2D eigenvalue weighted by Gasteiger charge is 2.42. The van der Waals surface area contributed by atoms with Crippen molar-refractivity contribution in [2.75, 3.05) is 18.1 Å². The van der Waals surface area contributed by atoms with Gasteiger partial charge in [-0.05, 0) is 48.4 Å². The molecule has 1 fully saturated rings. The van der Waals surface area contributed by atoms with Crippen molar-refractivity contribution in [2.45, 2.75) is 32.2 Å². The smallest absolute Gasteiger partial charge is 0.292 e. The van der Waals surface area contributed by atoms with E-state index < -0.39 is 6.04 Å². The van der Waals surface area contributed by atoms with Gasteiger partial charge in [-0.25, -0.2) is 9.29 Å². The van der Waals surface area contributed by atoms with Crippen LogP contribution in [0.4, 0.5) is 10.1 Å². The number of nitrogens with zero attached hydrogens (tertiary/aromatic N) is 1. The lowest BCUT2D eigenvalue weighted by Crippen LogP contribution is -2.92. The Hall–Kier alpha value is -2.73. The van der Waals surface area contributed by atoms with Gasteiger partial charge in [-0.2, -0.15) is 0 Å². The summed E-state index contributed by atoms with van der Waals surface area (Å²) >= 11 is 0. The maximum atomic E-state index is 12.9. The molecule has 1 saturated heterocycles. The summed E-state index contributed by atoms with van der Waals surface area (Å²) in [4.78, 5) is 26.2. The Morgan fingerprint density at radius 3 is 2.48 bits per heavy atom. The molecular weight excluding hydrogens is 347 g/mol. The maximum Gasteiger partial charge on any atom is 0.292 e. The number of halogens is 1. The molecule has 1 atom stereocenters. The van der Waals surface area contributed by atoms with Gasteiger partial charge in [0, 0.05) is 6.42 Å². The van der Waals surface area contributed by atoms with Crippen LogP contribution in [0.15, 0.2) is 48.5 Å².